The zero-order valence-electron chi connectivity index (χ0n) is 11.9. The standard InChI is InChI=1S/C17H12BrN3O2/c18-14-8-6-13(7-9-14)12-4-1-11(2-5-12)3-10-15-16(17(22)23)20-21-19-15/h1-10H,(H,22,23)(H,19,20,21)/b10-3+. The summed E-state index contributed by atoms with van der Waals surface area (Å²) in [6.07, 6.45) is 3.43. The van der Waals surface area contributed by atoms with Crippen molar-refractivity contribution in [1.29, 1.82) is 0 Å². The Balaban J connectivity index is 1.79. The number of benzene rings is 2. The number of hydrogen-bond donors (Lipinski definition) is 2. The second-order valence-electron chi connectivity index (χ2n) is 4.82. The summed E-state index contributed by atoms with van der Waals surface area (Å²) in [7, 11) is 0. The summed E-state index contributed by atoms with van der Waals surface area (Å²) >= 11 is 3.42. The summed E-state index contributed by atoms with van der Waals surface area (Å²) in [6, 6.07) is 16.1. The number of rotatable bonds is 4. The van der Waals surface area contributed by atoms with Gasteiger partial charge >= 0.3 is 5.97 Å². The van der Waals surface area contributed by atoms with Crippen molar-refractivity contribution in [2.45, 2.75) is 0 Å². The lowest BCUT2D eigenvalue weighted by Gasteiger charge is -2.02. The van der Waals surface area contributed by atoms with E-state index in [1.54, 1.807) is 12.2 Å². The molecule has 2 aromatic carbocycles. The molecule has 0 bridgehead atoms. The molecule has 0 radical (unpaired) electrons. The molecule has 0 aliphatic rings. The lowest BCUT2D eigenvalue weighted by molar-refractivity contribution is 0.0690. The number of aromatic amines is 1. The predicted octanol–water partition coefficient (Wildman–Crippen LogP) is 4.10. The van der Waals surface area contributed by atoms with Gasteiger partial charge in [0.25, 0.3) is 0 Å². The first-order chi connectivity index (χ1) is 11.1. The van der Waals surface area contributed by atoms with Gasteiger partial charge in [-0.05, 0) is 34.9 Å². The summed E-state index contributed by atoms with van der Waals surface area (Å²) in [5.74, 6) is -1.11. The van der Waals surface area contributed by atoms with Crippen LogP contribution < -0.4 is 0 Å². The van der Waals surface area contributed by atoms with Gasteiger partial charge in [-0.1, -0.05) is 58.4 Å². The van der Waals surface area contributed by atoms with Crippen molar-refractivity contribution in [3.8, 4) is 11.1 Å². The molecule has 2 N–H and O–H groups in total. The number of halogens is 1. The monoisotopic (exact) mass is 369 g/mol. The van der Waals surface area contributed by atoms with Gasteiger partial charge in [0.2, 0.25) is 0 Å². The van der Waals surface area contributed by atoms with Crippen molar-refractivity contribution in [3.05, 3.63) is 70.0 Å². The maximum atomic E-state index is 11.0. The molecule has 6 heteroatoms. The maximum Gasteiger partial charge on any atom is 0.358 e. The first kappa shape index (κ1) is 15.2. The van der Waals surface area contributed by atoms with Gasteiger partial charge in [-0.25, -0.2) is 4.79 Å². The molecule has 3 aromatic rings. The van der Waals surface area contributed by atoms with Crippen LogP contribution in [0.3, 0.4) is 0 Å². The Morgan fingerprint density at radius 3 is 2.17 bits per heavy atom. The van der Waals surface area contributed by atoms with Gasteiger partial charge in [-0.2, -0.15) is 10.3 Å². The summed E-state index contributed by atoms with van der Waals surface area (Å²) in [5, 5.41) is 18.7. The van der Waals surface area contributed by atoms with Gasteiger partial charge in [-0.15, -0.1) is 5.10 Å². The molecule has 0 amide bonds. The lowest BCUT2D eigenvalue weighted by atomic mass is 10.0. The molecule has 0 spiro atoms. The highest BCUT2D eigenvalue weighted by molar-refractivity contribution is 9.10. The molecule has 0 saturated carbocycles. The fraction of sp³-hybridized carbons (Fsp3) is 0. The lowest BCUT2D eigenvalue weighted by Crippen LogP contribution is -1.98. The molecule has 0 saturated heterocycles. The topological polar surface area (TPSA) is 78.9 Å². The third-order valence-electron chi connectivity index (χ3n) is 3.30. The molecule has 3 rings (SSSR count). The van der Waals surface area contributed by atoms with Crippen LogP contribution in [-0.4, -0.2) is 26.5 Å². The fourth-order valence-electron chi connectivity index (χ4n) is 2.12. The molecule has 1 aromatic heterocycles. The minimum absolute atomic E-state index is 0.0901. The second-order valence-corrected chi connectivity index (χ2v) is 5.74. The molecule has 0 aliphatic heterocycles. The van der Waals surface area contributed by atoms with Crippen LogP contribution in [0.25, 0.3) is 23.3 Å². The molecule has 0 unspecified atom stereocenters. The van der Waals surface area contributed by atoms with E-state index in [0.717, 1.165) is 21.2 Å². The molecular formula is C17H12BrN3O2. The van der Waals surface area contributed by atoms with E-state index < -0.39 is 5.97 Å². The van der Waals surface area contributed by atoms with Crippen LogP contribution in [0.2, 0.25) is 0 Å². The Morgan fingerprint density at radius 1 is 0.957 bits per heavy atom. The molecule has 5 nitrogen and oxygen atoms in total. The van der Waals surface area contributed by atoms with Gasteiger partial charge in [0.05, 0.1) is 0 Å². The molecule has 0 aliphatic carbocycles. The first-order valence-corrected chi connectivity index (χ1v) is 7.61. The van der Waals surface area contributed by atoms with Crippen molar-refractivity contribution in [2.24, 2.45) is 0 Å². The van der Waals surface area contributed by atoms with Crippen LogP contribution in [0.5, 0.6) is 0 Å². The van der Waals surface area contributed by atoms with Crippen LogP contribution in [-0.2, 0) is 0 Å². The minimum Gasteiger partial charge on any atom is -0.476 e. The van der Waals surface area contributed by atoms with E-state index in [-0.39, 0.29) is 5.69 Å². The van der Waals surface area contributed by atoms with Crippen molar-refractivity contribution < 1.29 is 9.90 Å². The van der Waals surface area contributed by atoms with E-state index in [9.17, 15) is 4.79 Å². The first-order valence-electron chi connectivity index (χ1n) is 6.81. The SMILES string of the molecule is O=C(O)c1n[nH]nc1/C=C/c1ccc(-c2ccc(Br)cc2)cc1. The van der Waals surface area contributed by atoms with E-state index in [1.165, 1.54) is 0 Å². The van der Waals surface area contributed by atoms with Crippen molar-refractivity contribution in [3.63, 3.8) is 0 Å². The highest BCUT2D eigenvalue weighted by atomic mass is 79.9. The number of aromatic carboxylic acids is 1. The quantitative estimate of drug-likeness (QED) is 0.725. The molecule has 114 valence electrons. The summed E-state index contributed by atoms with van der Waals surface area (Å²) in [5.41, 5.74) is 3.41. The molecular weight excluding hydrogens is 358 g/mol. The maximum absolute atomic E-state index is 11.0. The number of aromatic nitrogens is 3. The number of H-pyrrole nitrogens is 1. The summed E-state index contributed by atoms with van der Waals surface area (Å²) in [4.78, 5) is 11.0. The van der Waals surface area contributed by atoms with E-state index in [2.05, 4.69) is 31.3 Å². The van der Waals surface area contributed by atoms with Crippen molar-refractivity contribution >= 4 is 34.1 Å². The van der Waals surface area contributed by atoms with E-state index >= 15 is 0 Å². The zero-order chi connectivity index (χ0) is 16.2. The number of nitrogens with one attached hydrogen (secondary N) is 1. The zero-order valence-corrected chi connectivity index (χ0v) is 13.5. The van der Waals surface area contributed by atoms with Gasteiger partial charge in [0.15, 0.2) is 5.69 Å². The fourth-order valence-corrected chi connectivity index (χ4v) is 2.38. The van der Waals surface area contributed by atoms with Gasteiger partial charge in [0, 0.05) is 4.47 Å². The third kappa shape index (κ3) is 3.54. The molecule has 0 atom stereocenters. The Kier molecular flexibility index (Phi) is 4.34. The largest absolute Gasteiger partial charge is 0.476 e. The van der Waals surface area contributed by atoms with Gasteiger partial charge < -0.3 is 5.11 Å². The molecule has 23 heavy (non-hydrogen) atoms. The molecule has 0 fully saturated rings. The summed E-state index contributed by atoms with van der Waals surface area (Å²) < 4.78 is 1.04. The highest BCUT2D eigenvalue weighted by Crippen LogP contribution is 2.22. The number of nitrogens with zero attached hydrogens (tertiary/aromatic N) is 2. The van der Waals surface area contributed by atoms with E-state index in [4.69, 9.17) is 5.11 Å². The van der Waals surface area contributed by atoms with Gasteiger partial charge in [-0.3, -0.25) is 0 Å². The number of carboxylic acids is 1. The second kappa shape index (κ2) is 6.58. The van der Waals surface area contributed by atoms with Crippen LogP contribution in [0.15, 0.2) is 53.0 Å². The Bertz CT molecular complexity index is 852. The third-order valence-corrected chi connectivity index (χ3v) is 3.83. The van der Waals surface area contributed by atoms with E-state index in [0.29, 0.717) is 5.69 Å². The van der Waals surface area contributed by atoms with Gasteiger partial charge in [0.1, 0.15) is 5.69 Å². The van der Waals surface area contributed by atoms with E-state index in [1.807, 2.05) is 48.5 Å². The Morgan fingerprint density at radius 2 is 1.57 bits per heavy atom. The average Bonchev–Trinajstić information content (AvgIpc) is 3.03. The normalized spacial score (nSPS) is 11.0. The Hall–Kier alpha value is -2.73. The number of hydrogen-bond acceptors (Lipinski definition) is 3. The van der Waals surface area contributed by atoms with Crippen LogP contribution in [0.4, 0.5) is 0 Å². The molecule has 1 heterocycles. The van der Waals surface area contributed by atoms with Crippen molar-refractivity contribution in [2.75, 3.05) is 0 Å². The highest BCUT2D eigenvalue weighted by Gasteiger charge is 2.12. The number of carboxylic acid groups (broad SMARTS) is 1. The van der Waals surface area contributed by atoms with Crippen LogP contribution in [0.1, 0.15) is 21.7 Å². The van der Waals surface area contributed by atoms with Crippen molar-refractivity contribution in [1.82, 2.24) is 15.4 Å². The predicted molar refractivity (Wildman–Crippen MR) is 91.8 cm³/mol. The smallest absolute Gasteiger partial charge is 0.358 e. The minimum atomic E-state index is -1.11. The average molecular weight is 370 g/mol. The van der Waals surface area contributed by atoms with Crippen LogP contribution >= 0.6 is 15.9 Å². The van der Waals surface area contributed by atoms with Crippen LogP contribution in [0, 0.1) is 0 Å². The number of carbonyl (C=O) groups is 1. The summed E-state index contributed by atoms with van der Waals surface area (Å²) in [6.45, 7) is 0. The Labute approximate surface area is 140 Å².